The molecule has 1 saturated heterocycles. The predicted octanol–water partition coefficient (Wildman–Crippen LogP) is 9.26. The van der Waals surface area contributed by atoms with Crippen molar-refractivity contribution in [2.24, 2.45) is 0 Å². The average Bonchev–Trinajstić information content (AvgIpc) is 3.50. The molecular formula is C43H40F3NO6. The first kappa shape index (κ1) is 34.9. The largest absolute Gasteiger partial charge is 0.497 e. The molecule has 0 N–H and O–H groups in total. The average molecular weight is 724 g/mol. The summed E-state index contributed by atoms with van der Waals surface area (Å²) < 4.78 is 78.5. The van der Waals surface area contributed by atoms with Crippen LogP contribution in [-0.2, 0) is 20.7 Å². The molecule has 1 aliphatic carbocycles. The van der Waals surface area contributed by atoms with Gasteiger partial charge in [0.05, 0.1) is 40.2 Å². The number of hydrogen-bond acceptors (Lipinski definition) is 7. The van der Waals surface area contributed by atoms with Gasteiger partial charge in [-0.2, -0.15) is 13.2 Å². The Morgan fingerprint density at radius 3 is 2.02 bits per heavy atom. The van der Waals surface area contributed by atoms with Gasteiger partial charge in [-0.05, 0) is 71.0 Å². The number of fused-ring (bicyclic) bond motifs is 8. The maximum atomic E-state index is 14.1. The molecule has 5 aromatic rings. The highest BCUT2D eigenvalue weighted by molar-refractivity contribution is 6.10. The molecule has 2 heterocycles. The van der Waals surface area contributed by atoms with Crippen LogP contribution in [0.5, 0.6) is 23.0 Å². The molecule has 10 heteroatoms. The smallest absolute Gasteiger partial charge is 0.411 e. The quantitative estimate of drug-likeness (QED) is 0.150. The Hall–Kier alpha value is -5.19. The third-order valence-corrected chi connectivity index (χ3v) is 10.7. The van der Waals surface area contributed by atoms with Crippen LogP contribution in [0.4, 0.5) is 18.9 Å². The number of alkyl halides is 3. The third kappa shape index (κ3) is 5.66. The van der Waals surface area contributed by atoms with E-state index in [-0.39, 0.29) is 6.42 Å². The number of halogens is 3. The Morgan fingerprint density at radius 1 is 0.792 bits per heavy atom. The predicted molar refractivity (Wildman–Crippen MR) is 198 cm³/mol. The van der Waals surface area contributed by atoms with Crippen molar-refractivity contribution in [2.45, 2.75) is 30.7 Å². The van der Waals surface area contributed by atoms with Crippen molar-refractivity contribution in [3.05, 3.63) is 119 Å². The summed E-state index contributed by atoms with van der Waals surface area (Å²) in [4.78, 5) is 2.22. The van der Waals surface area contributed by atoms with Crippen LogP contribution in [0.3, 0.4) is 0 Å². The normalized spacial score (nSPS) is 18.6. The zero-order chi connectivity index (χ0) is 37.0. The molecule has 0 spiro atoms. The van der Waals surface area contributed by atoms with Crippen LogP contribution in [0.15, 0.2) is 91.0 Å². The van der Waals surface area contributed by atoms with Crippen LogP contribution in [0.1, 0.15) is 41.2 Å². The molecule has 1 atom stereocenters. The minimum Gasteiger partial charge on any atom is -0.497 e. The van der Waals surface area contributed by atoms with Crippen molar-refractivity contribution >= 4 is 22.5 Å². The van der Waals surface area contributed by atoms with Gasteiger partial charge in [0.2, 0.25) is 0 Å². The first-order chi connectivity index (χ1) is 25.7. The Bertz CT molecular complexity index is 2140. The fourth-order valence-electron chi connectivity index (χ4n) is 8.24. The molecule has 3 aliphatic rings. The summed E-state index contributed by atoms with van der Waals surface area (Å²) in [5.41, 5.74) is 3.63. The molecular weight excluding hydrogens is 683 g/mol. The molecule has 7 nitrogen and oxygen atoms in total. The standard InChI is InChI=1S/C43H40F3NO6/c1-5-41(52-26-43(44,45)46)35-9-7-6-8-31(35)38-33-24-36(47-20-22-51-23-21-47)37(50-4)25-34(33)40-32(39(38)41)18-19-42(53-40,27-10-14-29(48-2)15-11-27)28-12-16-30(49-3)17-13-28/h6-19,24-25H,5,20-23,26H2,1-4H3. The van der Waals surface area contributed by atoms with Crippen LogP contribution < -0.4 is 23.8 Å². The van der Waals surface area contributed by atoms with Crippen molar-refractivity contribution in [1.29, 1.82) is 0 Å². The maximum Gasteiger partial charge on any atom is 0.411 e. The van der Waals surface area contributed by atoms with Crippen LogP contribution in [0.25, 0.3) is 28.0 Å². The van der Waals surface area contributed by atoms with Gasteiger partial charge in [0.1, 0.15) is 35.2 Å². The molecule has 0 aromatic heterocycles. The molecule has 5 aromatic carbocycles. The Labute approximate surface area is 306 Å². The molecule has 1 unspecified atom stereocenters. The van der Waals surface area contributed by atoms with Crippen LogP contribution in [-0.4, -0.2) is 60.4 Å². The van der Waals surface area contributed by atoms with Gasteiger partial charge in [0.15, 0.2) is 5.60 Å². The summed E-state index contributed by atoms with van der Waals surface area (Å²) in [6.07, 6.45) is -0.315. The highest BCUT2D eigenvalue weighted by Gasteiger charge is 2.50. The summed E-state index contributed by atoms with van der Waals surface area (Å²) in [7, 11) is 4.88. The van der Waals surface area contributed by atoms with E-state index in [1.54, 1.807) is 21.3 Å². The van der Waals surface area contributed by atoms with E-state index in [1.165, 1.54) is 0 Å². The molecule has 0 saturated carbocycles. The van der Waals surface area contributed by atoms with Crippen molar-refractivity contribution in [2.75, 3.05) is 59.1 Å². The fraction of sp³-hybridized carbons (Fsp3) is 0.302. The van der Waals surface area contributed by atoms with Crippen LogP contribution >= 0.6 is 0 Å². The lowest BCUT2D eigenvalue weighted by atomic mass is 9.79. The van der Waals surface area contributed by atoms with E-state index in [0.29, 0.717) is 66.0 Å². The van der Waals surface area contributed by atoms with Gasteiger partial charge in [-0.15, -0.1) is 0 Å². The SMILES string of the molecule is CCC1(OCC(F)(F)F)c2ccccc2-c2c1c1c(c3cc(OC)c(N4CCOCC4)cc23)OC(c2ccc(OC)cc2)(c2ccc(OC)cc2)C=C1. The number of methoxy groups -OCH3 is 3. The second-order valence-electron chi connectivity index (χ2n) is 13.4. The van der Waals surface area contributed by atoms with E-state index in [0.717, 1.165) is 38.7 Å². The van der Waals surface area contributed by atoms with Gasteiger partial charge >= 0.3 is 6.18 Å². The number of hydrogen-bond donors (Lipinski definition) is 0. The second kappa shape index (κ2) is 13.3. The topological polar surface area (TPSA) is 58.6 Å². The van der Waals surface area contributed by atoms with E-state index < -0.39 is 24.0 Å². The molecule has 0 amide bonds. The monoisotopic (exact) mass is 723 g/mol. The third-order valence-electron chi connectivity index (χ3n) is 10.7. The first-order valence-corrected chi connectivity index (χ1v) is 17.7. The summed E-state index contributed by atoms with van der Waals surface area (Å²) in [5.74, 6) is 2.55. The van der Waals surface area contributed by atoms with Gasteiger partial charge in [-0.3, -0.25) is 0 Å². The van der Waals surface area contributed by atoms with Gasteiger partial charge in [-0.25, -0.2) is 0 Å². The van der Waals surface area contributed by atoms with E-state index in [1.807, 2.05) is 97.9 Å². The van der Waals surface area contributed by atoms with Crippen molar-refractivity contribution in [3.63, 3.8) is 0 Å². The Balaban J connectivity index is 1.46. The lowest BCUT2D eigenvalue weighted by Gasteiger charge is -2.39. The molecule has 8 rings (SSSR count). The molecule has 53 heavy (non-hydrogen) atoms. The lowest BCUT2D eigenvalue weighted by Crippen LogP contribution is -2.37. The number of morpholine rings is 1. The molecule has 0 radical (unpaired) electrons. The number of rotatable bonds is 9. The fourth-order valence-corrected chi connectivity index (χ4v) is 8.24. The molecule has 1 fully saturated rings. The van der Waals surface area contributed by atoms with E-state index >= 15 is 0 Å². The van der Waals surface area contributed by atoms with Crippen molar-refractivity contribution in [3.8, 4) is 34.1 Å². The summed E-state index contributed by atoms with van der Waals surface area (Å²) in [6.45, 7) is 2.92. The van der Waals surface area contributed by atoms with Crippen molar-refractivity contribution < 1.29 is 41.6 Å². The second-order valence-corrected chi connectivity index (χ2v) is 13.4. The molecule has 274 valence electrons. The number of anilines is 1. The van der Waals surface area contributed by atoms with E-state index in [9.17, 15) is 13.2 Å². The minimum atomic E-state index is -4.54. The van der Waals surface area contributed by atoms with Crippen molar-refractivity contribution in [1.82, 2.24) is 0 Å². The highest BCUT2D eigenvalue weighted by atomic mass is 19.4. The lowest BCUT2D eigenvalue weighted by molar-refractivity contribution is -0.200. The number of nitrogens with zero attached hydrogens (tertiary/aromatic N) is 1. The number of benzene rings is 5. The summed E-state index contributed by atoms with van der Waals surface area (Å²) in [5, 5.41) is 1.59. The molecule has 0 bridgehead atoms. The Kier molecular flexibility index (Phi) is 8.78. The van der Waals surface area contributed by atoms with E-state index in [4.69, 9.17) is 28.4 Å². The van der Waals surface area contributed by atoms with Crippen LogP contribution in [0.2, 0.25) is 0 Å². The van der Waals surface area contributed by atoms with E-state index in [2.05, 4.69) is 11.0 Å². The summed E-state index contributed by atoms with van der Waals surface area (Å²) in [6, 6.07) is 27.1. The van der Waals surface area contributed by atoms with Gasteiger partial charge in [0, 0.05) is 40.7 Å². The van der Waals surface area contributed by atoms with Crippen LogP contribution in [0, 0.1) is 0 Å². The zero-order valence-corrected chi connectivity index (χ0v) is 30.0. The minimum absolute atomic E-state index is 0.257. The summed E-state index contributed by atoms with van der Waals surface area (Å²) >= 11 is 0. The highest BCUT2D eigenvalue weighted by Crippen LogP contribution is 2.61. The molecule has 2 aliphatic heterocycles. The Morgan fingerprint density at radius 2 is 1.43 bits per heavy atom. The first-order valence-electron chi connectivity index (χ1n) is 17.7. The van der Waals surface area contributed by atoms with Gasteiger partial charge in [-0.1, -0.05) is 61.5 Å². The van der Waals surface area contributed by atoms with Gasteiger partial charge in [0.25, 0.3) is 0 Å². The zero-order valence-electron chi connectivity index (χ0n) is 30.0. The van der Waals surface area contributed by atoms with Gasteiger partial charge < -0.3 is 33.3 Å². The number of ether oxygens (including phenoxy) is 6. The maximum absolute atomic E-state index is 14.1.